The Morgan fingerprint density at radius 1 is 1.50 bits per heavy atom. The summed E-state index contributed by atoms with van der Waals surface area (Å²) in [6.07, 6.45) is 1.33. The average molecular weight is 196 g/mol. The van der Waals surface area contributed by atoms with Gasteiger partial charge in [-0.1, -0.05) is 18.2 Å². The number of aryl methyl sites for hydroxylation is 1. The molecule has 76 valence electrons. The molecule has 3 heteroatoms. The van der Waals surface area contributed by atoms with Crippen molar-refractivity contribution >= 4 is 6.29 Å². The molecule has 0 saturated carbocycles. The molecule has 0 radical (unpaired) electrons. The van der Waals surface area contributed by atoms with Gasteiger partial charge in [-0.25, -0.2) is 4.39 Å². The Balaban J connectivity index is 2.53. The van der Waals surface area contributed by atoms with Gasteiger partial charge in [0, 0.05) is 7.11 Å². The van der Waals surface area contributed by atoms with E-state index in [1.807, 2.05) is 0 Å². The Morgan fingerprint density at radius 2 is 2.21 bits per heavy atom. The van der Waals surface area contributed by atoms with Crippen molar-refractivity contribution in [3.8, 4) is 0 Å². The van der Waals surface area contributed by atoms with Gasteiger partial charge in [-0.05, 0) is 24.5 Å². The van der Waals surface area contributed by atoms with E-state index < -0.39 is 6.10 Å². The number of hydrogen-bond acceptors (Lipinski definition) is 2. The van der Waals surface area contributed by atoms with E-state index in [1.165, 1.54) is 13.2 Å². The van der Waals surface area contributed by atoms with Gasteiger partial charge in [0.25, 0.3) is 0 Å². The van der Waals surface area contributed by atoms with Gasteiger partial charge in [0.15, 0.2) is 0 Å². The zero-order chi connectivity index (χ0) is 10.4. The normalized spacial score (nSPS) is 12.4. The molecule has 0 bridgehead atoms. The number of hydrogen-bond donors (Lipinski definition) is 0. The number of aldehydes is 1. The van der Waals surface area contributed by atoms with Gasteiger partial charge >= 0.3 is 0 Å². The summed E-state index contributed by atoms with van der Waals surface area (Å²) in [6.45, 7) is 0. The van der Waals surface area contributed by atoms with E-state index in [-0.39, 0.29) is 5.82 Å². The van der Waals surface area contributed by atoms with E-state index in [1.54, 1.807) is 18.2 Å². The number of benzene rings is 1. The topological polar surface area (TPSA) is 26.3 Å². The second-order valence-corrected chi connectivity index (χ2v) is 3.04. The first-order chi connectivity index (χ1) is 6.77. The zero-order valence-corrected chi connectivity index (χ0v) is 8.07. The Kier molecular flexibility index (Phi) is 4.26. The van der Waals surface area contributed by atoms with Crippen LogP contribution in [0.4, 0.5) is 4.39 Å². The van der Waals surface area contributed by atoms with Crippen LogP contribution in [0, 0.1) is 5.82 Å². The molecule has 1 aromatic carbocycles. The predicted molar refractivity (Wildman–Crippen MR) is 51.6 cm³/mol. The molecule has 1 rings (SSSR count). The highest BCUT2D eigenvalue weighted by Gasteiger charge is 2.07. The maximum atomic E-state index is 13.1. The van der Waals surface area contributed by atoms with Crippen LogP contribution in [-0.4, -0.2) is 19.5 Å². The van der Waals surface area contributed by atoms with Crippen LogP contribution in [0.5, 0.6) is 0 Å². The molecule has 0 heterocycles. The quantitative estimate of drug-likeness (QED) is 0.673. The SMILES string of the molecule is COC(C=O)CCc1ccccc1F. The molecule has 0 saturated heterocycles. The summed E-state index contributed by atoms with van der Waals surface area (Å²) in [5.41, 5.74) is 0.622. The molecule has 0 aliphatic rings. The summed E-state index contributed by atoms with van der Waals surface area (Å²) >= 11 is 0. The molecule has 0 amide bonds. The number of rotatable bonds is 5. The molecule has 0 aliphatic carbocycles. The smallest absolute Gasteiger partial charge is 0.148 e. The van der Waals surface area contributed by atoms with E-state index >= 15 is 0 Å². The molecule has 0 fully saturated rings. The third-order valence-corrected chi connectivity index (χ3v) is 2.11. The second-order valence-electron chi connectivity index (χ2n) is 3.04. The summed E-state index contributed by atoms with van der Waals surface area (Å²) in [7, 11) is 1.47. The van der Waals surface area contributed by atoms with Crippen molar-refractivity contribution in [2.24, 2.45) is 0 Å². The van der Waals surface area contributed by atoms with E-state index in [9.17, 15) is 9.18 Å². The van der Waals surface area contributed by atoms with Gasteiger partial charge in [-0.2, -0.15) is 0 Å². The highest BCUT2D eigenvalue weighted by molar-refractivity contribution is 5.55. The van der Waals surface area contributed by atoms with E-state index in [2.05, 4.69) is 0 Å². The minimum absolute atomic E-state index is 0.228. The van der Waals surface area contributed by atoms with Crippen LogP contribution in [0.2, 0.25) is 0 Å². The van der Waals surface area contributed by atoms with Crippen LogP contribution < -0.4 is 0 Å². The molecule has 1 unspecified atom stereocenters. The van der Waals surface area contributed by atoms with Gasteiger partial charge < -0.3 is 9.53 Å². The van der Waals surface area contributed by atoms with Crippen LogP contribution in [0.3, 0.4) is 0 Å². The number of carbonyl (C=O) groups is 1. The van der Waals surface area contributed by atoms with Gasteiger partial charge in [0.2, 0.25) is 0 Å². The fraction of sp³-hybridized carbons (Fsp3) is 0.364. The maximum Gasteiger partial charge on any atom is 0.148 e. The van der Waals surface area contributed by atoms with Gasteiger partial charge in [-0.15, -0.1) is 0 Å². The number of halogens is 1. The Labute approximate surface area is 82.7 Å². The standard InChI is InChI=1S/C11H13FO2/c1-14-10(8-13)7-6-9-4-2-3-5-11(9)12/h2-5,8,10H,6-7H2,1H3. The molecule has 0 N–H and O–H groups in total. The van der Waals surface area contributed by atoms with Crippen molar-refractivity contribution in [3.05, 3.63) is 35.6 Å². The van der Waals surface area contributed by atoms with E-state index in [4.69, 9.17) is 4.74 Å². The minimum atomic E-state index is -0.436. The number of ether oxygens (including phenoxy) is 1. The molecule has 2 nitrogen and oxygen atoms in total. The maximum absolute atomic E-state index is 13.1. The summed E-state index contributed by atoms with van der Waals surface area (Å²) in [6, 6.07) is 6.55. The molecule has 0 spiro atoms. The lowest BCUT2D eigenvalue weighted by Gasteiger charge is -2.07. The highest BCUT2D eigenvalue weighted by atomic mass is 19.1. The predicted octanol–water partition coefficient (Wildman–Crippen LogP) is 1.97. The molecular formula is C11H13FO2. The fourth-order valence-corrected chi connectivity index (χ4v) is 1.24. The van der Waals surface area contributed by atoms with Crippen molar-refractivity contribution in [2.45, 2.75) is 18.9 Å². The Morgan fingerprint density at radius 3 is 2.79 bits per heavy atom. The second kappa shape index (κ2) is 5.50. The van der Waals surface area contributed by atoms with Crippen LogP contribution in [0.15, 0.2) is 24.3 Å². The average Bonchev–Trinajstić information content (AvgIpc) is 2.22. The summed E-state index contributed by atoms with van der Waals surface area (Å²) in [5.74, 6) is -0.228. The van der Waals surface area contributed by atoms with Crippen molar-refractivity contribution in [2.75, 3.05) is 7.11 Å². The van der Waals surface area contributed by atoms with Crippen LogP contribution in [-0.2, 0) is 16.0 Å². The van der Waals surface area contributed by atoms with Crippen LogP contribution >= 0.6 is 0 Å². The van der Waals surface area contributed by atoms with Crippen molar-refractivity contribution in [1.29, 1.82) is 0 Å². The van der Waals surface area contributed by atoms with E-state index in [0.717, 1.165) is 6.29 Å². The summed E-state index contributed by atoms with van der Waals surface area (Å²) in [5, 5.41) is 0. The lowest BCUT2D eigenvalue weighted by Crippen LogP contribution is -2.13. The zero-order valence-electron chi connectivity index (χ0n) is 8.07. The number of methoxy groups -OCH3 is 1. The fourth-order valence-electron chi connectivity index (χ4n) is 1.24. The molecule has 0 aromatic heterocycles. The third-order valence-electron chi connectivity index (χ3n) is 2.11. The molecule has 1 aromatic rings. The Hall–Kier alpha value is -1.22. The van der Waals surface area contributed by atoms with Crippen LogP contribution in [0.25, 0.3) is 0 Å². The van der Waals surface area contributed by atoms with Crippen molar-refractivity contribution < 1.29 is 13.9 Å². The van der Waals surface area contributed by atoms with Gasteiger partial charge in [-0.3, -0.25) is 0 Å². The largest absolute Gasteiger partial charge is 0.374 e. The molecular weight excluding hydrogens is 183 g/mol. The van der Waals surface area contributed by atoms with Crippen molar-refractivity contribution in [3.63, 3.8) is 0 Å². The first-order valence-electron chi connectivity index (χ1n) is 4.49. The minimum Gasteiger partial charge on any atom is -0.374 e. The number of carbonyl (C=O) groups excluding carboxylic acids is 1. The lowest BCUT2D eigenvalue weighted by atomic mass is 10.1. The molecule has 0 aliphatic heterocycles. The summed E-state index contributed by atoms with van der Waals surface area (Å²) in [4.78, 5) is 10.4. The first kappa shape index (κ1) is 10.9. The lowest BCUT2D eigenvalue weighted by molar-refractivity contribution is -0.116. The van der Waals surface area contributed by atoms with Crippen LogP contribution in [0.1, 0.15) is 12.0 Å². The molecule has 14 heavy (non-hydrogen) atoms. The summed E-state index contributed by atoms with van der Waals surface area (Å²) < 4.78 is 18.0. The monoisotopic (exact) mass is 196 g/mol. The molecule has 1 atom stereocenters. The van der Waals surface area contributed by atoms with Gasteiger partial charge in [0.05, 0.1) is 0 Å². The highest BCUT2D eigenvalue weighted by Crippen LogP contribution is 2.10. The third kappa shape index (κ3) is 2.92. The van der Waals surface area contributed by atoms with Crippen molar-refractivity contribution in [1.82, 2.24) is 0 Å². The van der Waals surface area contributed by atoms with Gasteiger partial charge in [0.1, 0.15) is 18.2 Å². The van der Waals surface area contributed by atoms with E-state index in [0.29, 0.717) is 18.4 Å². The Bertz CT molecular complexity index is 299. The first-order valence-corrected chi connectivity index (χ1v) is 4.49.